The summed E-state index contributed by atoms with van der Waals surface area (Å²) in [4.78, 5) is 29.5. The zero-order valence-electron chi connectivity index (χ0n) is 17.8. The van der Waals surface area contributed by atoms with Gasteiger partial charge in [0.1, 0.15) is 10.1 Å². The molecule has 0 aromatic heterocycles. The van der Waals surface area contributed by atoms with Crippen LogP contribution in [0.4, 0.5) is 4.39 Å². The molecule has 1 saturated heterocycles. The van der Waals surface area contributed by atoms with Gasteiger partial charge in [-0.25, -0.2) is 4.39 Å². The minimum atomic E-state index is -0.398. The molecular formula is C24H25FN2O2S2. The Morgan fingerprint density at radius 2 is 1.77 bits per heavy atom. The molecular weight excluding hydrogens is 431 g/mol. The molecule has 0 radical (unpaired) electrons. The van der Waals surface area contributed by atoms with E-state index in [-0.39, 0.29) is 30.3 Å². The molecule has 1 aliphatic rings. The van der Waals surface area contributed by atoms with Gasteiger partial charge in [0.15, 0.2) is 0 Å². The Kier molecular flexibility index (Phi) is 7.28. The van der Waals surface area contributed by atoms with E-state index in [1.807, 2.05) is 56.0 Å². The molecule has 2 aromatic rings. The van der Waals surface area contributed by atoms with E-state index in [2.05, 4.69) is 0 Å². The number of amides is 2. The van der Waals surface area contributed by atoms with Gasteiger partial charge < -0.3 is 4.90 Å². The third-order valence-corrected chi connectivity index (χ3v) is 6.29. The Labute approximate surface area is 192 Å². The van der Waals surface area contributed by atoms with Gasteiger partial charge in [0, 0.05) is 30.6 Å². The average Bonchev–Trinajstić information content (AvgIpc) is 2.98. The van der Waals surface area contributed by atoms with E-state index < -0.39 is 5.82 Å². The molecule has 1 fully saturated rings. The van der Waals surface area contributed by atoms with Crippen LogP contribution in [0.15, 0.2) is 59.5 Å². The zero-order valence-corrected chi connectivity index (χ0v) is 19.4. The smallest absolute Gasteiger partial charge is 0.266 e. The second kappa shape index (κ2) is 9.75. The summed E-state index contributed by atoms with van der Waals surface area (Å²) in [6.45, 7) is 6.66. The van der Waals surface area contributed by atoms with Gasteiger partial charge in [0.2, 0.25) is 5.91 Å². The molecule has 0 N–H and O–H groups in total. The lowest BCUT2D eigenvalue weighted by Gasteiger charge is -2.36. The van der Waals surface area contributed by atoms with Crippen molar-refractivity contribution in [2.24, 2.45) is 0 Å². The van der Waals surface area contributed by atoms with Crippen molar-refractivity contribution in [3.63, 3.8) is 0 Å². The molecule has 0 aliphatic carbocycles. The van der Waals surface area contributed by atoms with Crippen LogP contribution in [0.3, 0.4) is 0 Å². The zero-order chi connectivity index (χ0) is 22.6. The van der Waals surface area contributed by atoms with Crippen molar-refractivity contribution in [2.45, 2.75) is 39.3 Å². The van der Waals surface area contributed by atoms with E-state index in [0.29, 0.717) is 21.3 Å². The molecule has 7 heteroatoms. The van der Waals surface area contributed by atoms with Crippen LogP contribution in [0.1, 0.15) is 38.3 Å². The van der Waals surface area contributed by atoms with Crippen molar-refractivity contribution in [1.29, 1.82) is 0 Å². The number of thiocarbonyl (C=S) groups is 1. The highest BCUT2D eigenvalue weighted by atomic mass is 32.2. The summed E-state index contributed by atoms with van der Waals surface area (Å²) in [5.41, 5.74) is 1.01. The lowest BCUT2D eigenvalue weighted by molar-refractivity contribution is -0.137. The SMILES string of the molecule is CC(C)(C)N(Cc1ccccc1)C(=O)CCN1C(=O)C(=Cc2ccccc2F)SC1=S. The van der Waals surface area contributed by atoms with Crippen LogP contribution in [-0.4, -0.2) is 38.0 Å². The number of thioether (sulfide) groups is 1. The predicted octanol–water partition coefficient (Wildman–Crippen LogP) is 5.24. The fraction of sp³-hybridized carbons (Fsp3) is 0.292. The van der Waals surface area contributed by atoms with Crippen LogP contribution in [0, 0.1) is 5.82 Å². The van der Waals surface area contributed by atoms with Crippen LogP contribution >= 0.6 is 24.0 Å². The van der Waals surface area contributed by atoms with E-state index >= 15 is 0 Å². The van der Waals surface area contributed by atoms with E-state index in [4.69, 9.17) is 12.2 Å². The van der Waals surface area contributed by atoms with Gasteiger partial charge >= 0.3 is 0 Å². The Hall–Kier alpha value is -2.51. The van der Waals surface area contributed by atoms with Gasteiger partial charge in [0.05, 0.1) is 4.91 Å². The van der Waals surface area contributed by atoms with E-state index in [1.54, 1.807) is 18.2 Å². The van der Waals surface area contributed by atoms with Gasteiger partial charge in [-0.1, -0.05) is 72.5 Å². The summed E-state index contributed by atoms with van der Waals surface area (Å²) in [6, 6.07) is 16.1. The number of hydrogen-bond donors (Lipinski definition) is 0. The third-order valence-electron chi connectivity index (χ3n) is 4.91. The van der Waals surface area contributed by atoms with Gasteiger partial charge in [0.25, 0.3) is 5.91 Å². The number of hydrogen-bond acceptors (Lipinski definition) is 4. The first kappa shape index (κ1) is 23.2. The maximum Gasteiger partial charge on any atom is 0.266 e. The van der Waals surface area contributed by atoms with Gasteiger partial charge in [-0.05, 0) is 38.5 Å². The van der Waals surface area contributed by atoms with E-state index in [9.17, 15) is 14.0 Å². The van der Waals surface area contributed by atoms with Crippen molar-refractivity contribution in [2.75, 3.05) is 6.54 Å². The fourth-order valence-electron chi connectivity index (χ4n) is 3.23. The van der Waals surface area contributed by atoms with E-state index in [1.165, 1.54) is 17.0 Å². The molecule has 1 heterocycles. The monoisotopic (exact) mass is 456 g/mol. The molecule has 1 aliphatic heterocycles. The summed E-state index contributed by atoms with van der Waals surface area (Å²) in [5.74, 6) is -0.746. The number of benzene rings is 2. The Morgan fingerprint density at radius 3 is 2.42 bits per heavy atom. The maximum atomic E-state index is 13.9. The topological polar surface area (TPSA) is 40.6 Å². The minimum Gasteiger partial charge on any atom is -0.333 e. The quantitative estimate of drug-likeness (QED) is 0.440. The molecule has 0 spiro atoms. The molecule has 2 aromatic carbocycles. The van der Waals surface area contributed by atoms with Gasteiger partial charge in [-0.15, -0.1) is 0 Å². The number of carbonyl (C=O) groups is 2. The standard InChI is InChI=1S/C24H25FN2O2S2/c1-24(2,3)27(16-17-9-5-4-6-10-17)21(28)13-14-26-22(29)20(31-23(26)30)15-18-11-7-8-12-19(18)25/h4-12,15H,13-14,16H2,1-3H3. The molecule has 0 atom stereocenters. The fourth-order valence-corrected chi connectivity index (χ4v) is 4.53. The number of nitrogens with zero attached hydrogens (tertiary/aromatic N) is 2. The summed E-state index contributed by atoms with van der Waals surface area (Å²) in [7, 11) is 0. The third kappa shape index (κ3) is 5.80. The average molecular weight is 457 g/mol. The summed E-state index contributed by atoms with van der Waals surface area (Å²) in [5, 5.41) is 0. The maximum absolute atomic E-state index is 13.9. The van der Waals surface area contributed by atoms with Crippen LogP contribution in [0.2, 0.25) is 0 Å². The molecule has 0 bridgehead atoms. The number of rotatable bonds is 6. The van der Waals surface area contributed by atoms with Crippen molar-refractivity contribution >= 4 is 46.2 Å². The lowest BCUT2D eigenvalue weighted by atomic mass is 10.0. The van der Waals surface area contributed by atoms with Crippen LogP contribution in [0.5, 0.6) is 0 Å². The Balaban J connectivity index is 1.69. The summed E-state index contributed by atoms with van der Waals surface area (Å²) in [6.07, 6.45) is 1.66. The highest BCUT2D eigenvalue weighted by Gasteiger charge is 2.33. The van der Waals surface area contributed by atoms with Crippen molar-refractivity contribution in [3.8, 4) is 0 Å². The summed E-state index contributed by atoms with van der Waals surface area (Å²) < 4.78 is 14.3. The van der Waals surface area contributed by atoms with Crippen molar-refractivity contribution in [1.82, 2.24) is 9.80 Å². The van der Waals surface area contributed by atoms with Gasteiger partial charge in [-0.3, -0.25) is 14.5 Å². The molecule has 4 nitrogen and oxygen atoms in total. The number of carbonyl (C=O) groups excluding carboxylic acids is 2. The number of halogens is 1. The minimum absolute atomic E-state index is 0.0523. The van der Waals surface area contributed by atoms with Crippen molar-refractivity contribution in [3.05, 3.63) is 76.4 Å². The first-order valence-corrected chi connectivity index (χ1v) is 11.2. The predicted molar refractivity (Wildman–Crippen MR) is 128 cm³/mol. The second-order valence-electron chi connectivity index (χ2n) is 8.24. The van der Waals surface area contributed by atoms with Crippen LogP contribution in [0.25, 0.3) is 6.08 Å². The van der Waals surface area contributed by atoms with Crippen molar-refractivity contribution < 1.29 is 14.0 Å². The lowest BCUT2D eigenvalue weighted by Crippen LogP contribution is -2.46. The molecule has 162 valence electrons. The molecule has 0 unspecified atom stereocenters. The highest BCUT2D eigenvalue weighted by molar-refractivity contribution is 8.26. The van der Waals surface area contributed by atoms with Crippen LogP contribution in [-0.2, 0) is 16.1 Å². The van der Waals surface area contributed by atoms with Crippen LogP contribution < -0.4 is 0 Å². The normalized spacial score (nSPS) is 15.6. The van der Waals surface area contributed by atoms with E-state index in [0.717, 1.165) is 17.3 Å². The first-order valence-electron chi connectivity index (χ1n) is 10.0. The molecule has 0 saturated carbocycles. The largest absolute Gasteiger partial charge is 0.333 e. The molecule has 31 heavy (non-hydrogen) atoms. The molecule has 2 amide bonds. The molecule has 3 rings (SSSR count). The Bertz CT molecular complexity index is 1020. The Morgan fingerprint density at radius 1 is 1.13 bits per heavy atom. The second-order valence-corrected chi connectivity index (χ2v) is 9.92. The van der Waals surface area contributed by atoms with Gasteiger partial charge in [-0.2, -0.15) is 0 Å². The summed E-state index contributed by atoms with van der Waals surface area (Å²) >= 11 is 6.48. The highest BCUT2D eigenvalue weighted by Crippen LogP contribution is 2.33. The first-order chi connectivity index (χ1) is 14.7.